The number of ether oxygens (including phenoxy) is 7. The summed E-state index contributed by atoms with van der Waals surface area (Å²) in [6.07, 6.45) is -47.2. The molecule has 26 N–H and O–H groups in total. The van der Waals surface area contributed by atoms with Gasteiger partial charge in [0, 0.05) is 10.8 Å². The maximum Gasteiger partial charge on any atom is 0.187 e. The van der Waals surface area contributed by atoms with Gasteiger partial charge in [0.2, 0.25) is 0 Å². The van der Waals surface area contributed by atoms with Gasteiger partial charge in [0.15, 0.2) is 30.4 Å². The molecule has 0 amide bonds. The molecule has 4 heterocycles. The number of carbonyl (C=O) groups excluding carboxylic acids is 2. The first kappa shape index (κ1) is 91.0. The van der Waals surface area contributed by atoms with Crippen LogP contribution >= 0.6 is 0 Å². The lowest BCUT2D eigenvalue weighted by Crippen LogP contribution is -2.61. The zero-order chi connectivity index (χ0) is 74.2. The van der Waals surface area contributed by atoms with Crippen molar-refractivity contribution in [3.05, 3.63) is 0 Å². The Bertz CT molecular complexity index is 2150. The lowest BCUT2D eigenvalue weighted by molar-refractivity contribution is -0.327. The number of hydrogen-bond donors (Lipinski definition) is 26. The summed E-state index contributed by atoms with van der Waals surface area (Å²) in [6, 6.07) is 0. The molecule has 0 bridgehead atoms. The largest absolute Gasteiger partial charge is 0.394 e. The fraction of sp³-hybridized carbons (Fsp3) is 0.967. The molecule has 11 unspecified atom stereocenters. The van der Waals surface area contributed by atoms with E-state index in [1.807, 2.05) is 41.5 Å². The van der Waals surface area contributed by atoms with Crippen LogP contribution in [0, 0.1) is 21.7 Å². The van der Waals surface area contributed by atoms with Crippen LogP contribution in [-0.4, -0.2) is 373 Å². The zero-order valence-electron chi connectivity index (χ0n) is 56.4. The predicted molar refractivity (Wildman–Crippen MR) is 324 cm³/mol. The Balaban J connectivity index is 0.000000645. The second-order valence-electron chi connectivity index (χ2n) is 28.6. The zero-order valence-corrected chi connectivity index (χ0v) is 56.4. The average molecular weight is 1400 g/mol. The van der Waals surface area contributed by atoms with E-state index in [-0.39, 0.29) is 30.3 Å². The Kier molecular flexibility index (Phi) is 37.8. The molecular formula is C60H116O35. The monoisotopic (exact) mass is 1400 g/mol. The Morgan fingerprint density at radius 1 is 0.368 bits per heavy atom. The van der Waals surface area contributed by atoms with E-state index in [1.165, 1.54) is 41.5 Å². The summed E-state index contributed by atoms with van der Waals surface area (Å²) in [5.41, 5.74) is -2.69. The second kappa shape index (κ2) is 39.4. The van der Waals surface area contributed by atoms with E-state index in [2.05, 4.69) is 0 Å². The van der Waals surface area contributed by atoms with Gasteiger partial charge in [0.25, 0.3) is 0 Å². The average Bonchev–Trinajstić information content (AvgIpc) is 0.842. The van der Waals surface area contributed by atoms with Crippen molar-refractivity contribution in [1.82, 2.24) is 0 Å². The molecule has 4 rings (SSSR count). The molecule has 0 saturated carbocycles. The van der Waals surface area contributed by atoms with Gasteiger partial charge in [-0.2, -0.15) is 0 Å². The number of aliphatic hydroxyl groups excluding tert-OH is 26. The summed E-state index contributed by atoms with van der Waals surface area (Å²) in [5, 5.41) is 255. The van der Waals surface area contributed by atoms with Crippen molar-refractivity contribution < 1.29 is 176 Å². The fourth-order valence-corrected chi connectivity index (χ4v) is 10.2. The summed E-state index contributed by atoms with van der Waals surface area (Å²) in [6.45, 7) is 20.0. The van der Waals surface area contributed by atoms with Crippen LogP contribution in [-0.2, 0) is 42.7 Å². The van der Waals surface area contributed by atoms with E-state index in [4.69, 9.17) is 38.3 Å². The Morgan fingerprint density at radius 2 is 0.684 bits per heavy atom. The van der Waals surface area contributed by atoms with Gasteiger partial charge >= 0.3 is 0 Å². The minimum Gasteiger partial charge on any atom is -0.394 e. The number of rotatable bonds is 25. The number of hydrogen-bond acceptors (Lipinski definition) is 35. The third-order valence-electron chi connectivity index (χ3n) is 16.2. The van der Waals surface area contributed by atoms with Crippen LogP contribution in [0.15, 0.2) is 0 Å². The molecule has 0 aromatic carbocycles. The van der Waals surface area contributed by atoms with Crippen molar-refractivity contribution in [3.63, 3.8) is 0 Å². The van der Waals surface area contributed by atoms with Crippen molar-refractivity contribution in [2.75, 3.05) is 33.0 Å². The van der Waals surface area contributed by atoms with Crippen LogP contribution in [0.4, 0.5) is 0 Å². The fourth-order valence-electron chi connectivity index (χ4n) is 10.2. The summed E-state index contributed by atoms with van der Waals surface area (Å²) < 4.78 is 37.2. The minimum atomic E-state index is -1.97. The number of ketones is 2. The van der Waals surface area contributed by atoms with E-state index < -0.39 is 245 Å². The van der Waals surface area contributed by atoms with Crippen molar-refractivity contribution in [3.8, 4) is 0 Å². The first-order valence-electron chi connectivity index (χ1n) is 31.4. The summed E-state index contributed by atoms with van der Waals surface area (Å²) in [7, 11) is 0. The molecule has 4 aliphatic rings. The molecule has 4 saturated heterocycles. The molecule has 0 aromatic heterocycles. The third-order valence-corrected chi connectivity index (χ3v) is 16.2. The highest BCUT2D eigenvalue weighted by Gasteiger charge is 2.52. The molecule has 0 radical (unpaired) electrons. The van der Waals surface area contributed by atoms with Gasteiger partial charge in [-0.15, -0.1) is 0 Å². The maximum absolute atomic E-state index is 12.2. The maximum atomic E-state index is 12.2. The molecule has 95 heavy (non-hydrogen) atoms. The SMILES string of the molecule is CC(C)(C)C1OC(CO)[C@H](O)[C@H](O)C1O.CC(C)(C)CC(O)C(O)C(O[C@@H]1OC(CO)[C@@H](O)[C@H](O)C1O)C(O)CO.CC[C@H]1OC(O[C@@H]([C@H](O)[C@@H](O)C(=O)C(C)(C)C)[C@H](O)CO)[C@H](O)[C@@H](O)[C@H]1O.CC[C@H]1OC(O[C@H](CO)[C@@H](O)[C@H](O)[C@@H](O)C(=O)C(C)(C)C)[C@H](O)[C@@H](O)[C@H]1O. The van der Waals surface area contributed by atoms with Crippen molar-refractivity contribution in [2.24, 2.45) is 21.7 Å². The topological polar surface area (TPSA) is 625 Å². The minimum absolute atomic E-state index is 0.154. The molecular weight excluding hydrogens is 1280 g/mol. The second-order valence-corrected chi connectivity index (χ2v) is 28.6. The van der Waals surface area contributed by atoms with Crippen LogP contribution < -0.4 is 0 Å². The van der Waals surface area contributed by atoms with Crippen molar-refractivity contribution in [1.29, 1.82) is 0 Å². The molecule has 0 spiro atoms. The molecule has 35 heteroatoms. The molecule has 35 nitrogen and oxygen atoms in total. The normalized spacial score (nSPS) is 35.7. The van der Waals surface area contributed by atoms with Gasteiger partial charge in [-0.05, 0) is 30.1 Å². The lowest BCUT2D eigenvalue weighted by atomic mass is 9.80. The molecule has 32 atom stereocenters. The summed E-state index contributed by atoms with van der Waals surface area (Å²) >= 11 is 0. The van der Waals surface area contributed by atoms with E-state index >= 15 is 0 Å². The smallest absolute Gasteiger partial charge is 0.187 e. The Morgan fingerprint density at radius 3 is 1.00 bits per heavy atom. The third kappa shape index (κ3) is 25.5. The summed E-state index contributed by atoms with van der Waals surface area (Å²) in [5.74, 6) is -1.44. The molecule has 566 valence electrons. The standard InChI is InChI=1S/2C17H32O10.C16H32O10.C10H20O5/c1-5-8-9(20)10(21)13(24)16(26-8)27-14(7(19)6-18)11(22)12(23)15(25)17(2,3)4;1-5-7-9(19)12(22)14(24)16(26-7)27-8(6-18)10(20)11(21)13(23)15(25)17(2,3)4;1-16(2,3)4-7(19)10(21)14(8(20)5-17)26-15-13(24)12(23)11(22)9(6-18)25-15;1-10(2,3)9-8(14)7(13)6(12)5(4-11)15-9/h2*7-14,16,18-24H,5-6H2,1-4H3;7-15,17-24H,4-6H2,1-3H3;5-9,11-14H,4H2,1-3H3/t7-,8-,9+,10+,11-,12-,13-,14-,16?;7-,8-,9+,10-,11+,12+,13-,14-,16?;7?,8?,9?,10?,11-,12+,13?,14?,15+;5?,6-,7-,8?,9?/m1110/s1. The van der Waals surface area contributed by atoms with E-state index in [0.717, 1.165) is 0 Å². The lowest BCUT2D eigenvalue weighted by Gasteiger charge is -2.45. The summed E-state index contributed by atoms with van der Waals surface area (Å²) in [4.78, 5) is 24.3. The highest BCUT2D eigenvalue weighted by Crippen LogP contribution is 2.35. The van der Waals surface area contributed by atoms with Crippen molar-refractivity contribution in [2.45, 2.75) is 312 Å². The van der Waals surface area contributed by atoms with Crippen molar-refractivity contribution >= 4 is 11.6 Å². The number of Topliss-reactive ketones (excluding diaryl/α,β-unsaturated/α-hetero) is 2. The van der Waals surface area contributed by atoms with Gasteiger partial charge < -0.3 is 166 Å². The quantitative estimate of drug-likeness (QED) is 0.0404. The Hall–Kier alpha value is -1.98. The molecule has 4 fully saturated rings. The highest BCUT2D eigenvalue weighted by atomic mass is 16.7. The van der Waals surface area contributed by atoms with Crippen LogP contribution in [0.1, 0.15) is 116 Å². The van der Waals surface area contributed by atoms with Gasteiger partial charge in [0.1, 0.15) is 153 Å². The van der Waals surface area contributed by atoms with Gasteiger partial charge in [0.05, 0.1) is 57.5 Å². The van der Waals surface area contributed by atoms with Gasteiger partial charge in [-0.1, -0.05) is 96.9 Å². The molecule has 0 aromatic rings. The van der Waals surface area contributed by atoms with Gasteiger partial charge in [-0.25, -0.2) is 0 Å². The van der Waals surface area contributed by atoms with Crippen LogP contribution in [0.3, 0.4) is 0 Å². The van der Waals surface area contributed by atoms with E-state index in [9.17, 15) is 137 Å². The van der Waals surface area contributed by atoms with E-state index in [1.54, 1.807) is 13.8 Å². The number of aliphatic hydroxyl groups is 26. The Labute approximate surface area is 552 Å². The predicted octanol–water partition coefficient (Wildman–Crippen LogP) is -9.88. The number of carbonyl (C=O) groups is 2. The molecule has 4 aliphatic heterocycles. The first-order chi connectivity index (χ1) is 43.4. The first-order valence-corrected chi connectivity index (χ1v) is 31.4. The van der Waals surface area contributed by atoms with Crippen LogP contribution in [0.25, 0.3) is 0 Å². The van der Waals surface area contributed by atoms with Crippen LogP contribution in [0.2, 0.25) is 0 Å². The highest BCUT2D eigenvalue weighted by molar-refractivity contribution is 5.88. The molecule has 0 aliphatic carbocycles. The van der Waals surface area contributed by atoms with Crippen LogP contribution in [0.5, 0.6) is 0 Å². The van der Waals surface area contributed by atoms with E-state index in [0.29, 0.717) is 6.42 Å². The van der Waals surface area contributed by atoms with Gasteiger partial charge in [-0.3, -0.25) is 9.59 Å².